The van der Waals surface area contributed by atoms with Crippen LogP contribution in [-0.2, 0) is 0 Å². The van der Waals surface area contributed by atoms with Gasteiger partial charge in [0.05, 0.1) is 0 Å². The highest BCUT2D eigenvalue weighted by Gasteiger charge is 1.97. The van der Waals surface area contributed by atoms with Gasteiger partial charge >= 0.3 is 0 Å². The van der Waals surface area contributed by atoms with E-state index in [1.165, 1.54) is 10.9 Å². The summed E-state index contributed by atoms with van der Waals surface area (Å²) in [6, 6.07) is 21.2. The zero-order chi connectivity index (χ0) is 9.64. The third kappa shape index (κ3) is 2.53. The van der Waals surface area contributed by atoms with Gasteiger partial charge in [-0.15, -0.1) is 0 Å². The molecule has 0 aliphatic heterocycles. The fourth-order valence-electron chi connectivity index (χ4n) is 1.58. The molecule has 2 heteroatoms. The van der Waals surface area contributed by atoms with Gasteiger partial charge in [0.25, 0.3) is 0 Å². The molecule has 0 spiro atoms. The van der Waals surface area contributed by atoms with Gasteiger partial charge in [0.15, 0.2) is 0 Å². The van der Waals surface area contributed by atoms with Gasteiger partial charge in [-0.2, -0.15) is 0 Å². The summed E-state index contributed by atoms with van der Waals surface area (Å²) in [5, 5.41) is 0. The van der Waals surface area contributed by atoms with Gasteiger partial charge in [0.2, 0.25) is 0 Å². The molecular weight excluding hydrogens is 166 g/mol. The molecule has 14 heavy (non-hydrogen) atoms. The minimum atomic E-state index is 1.13. The van der Waals surface area contributed by atoms with Crippen LogP contribution in [0.15, 0.2) is 60.7 Å². The van der Waals surface area contributed by atoms with Crippen molar-refractivity contribution in [1.29, 1.82) is 0 Å². The Morgan fingerprint density at radius 1 is 0.500 bits per heavy atom. The van der Waals surface area contributed by atoms with Gasteiger partial charge in [-0.25, -0.2) is 0 Å². The van der Waals surface area contributed by atoms with Crippen molar-refractivity contribution < 1.29 is 0 Å². The van der Waals surface area contributed by atoms with E-state index in [2.05, 4.69) is 60.7 Å². The molecule has 0 nitrogen and oxygen atoms in total. The van der Waals surface area contributed by atoms with E-state index in [0.29, 0.717) is 0 Å². The lowest BCUT2D eigenvalue weighted by atomic mass is 9.34. The molecule has 0 fully saturated rings. The van der Waals surface area contributed by atoms with Crippen LogP contribution in [0.4, 0.5) is 0 Å². The molecule has 0 saturated carbocycles. The Morgan fingerprint density at radius 3 is 1.21 bits per heavy atom. The van der Waals surface area contributed by atoms with Gasteiger partial charge in [-0.3, -0.25) is 0 Å². The van der Waals surface area contributed by atoms with Crippen molar-refractivity contribution in [3.8, 4) is 0 Å². The quantitative estimate of drug-likeness (QED) is 0.597. The maximum atomic E-state index is 2.18. The molecule has 66 valence electrons. The smallest absolute Gasteiger partial charge is 0.0926 e. The average Bonchev–Trinajstić information content (AvgIpc) is 2.29. The van der Waals surface area contributed by atoms with Crippen LogP contribution >= 0.6 is 0 Å². The molecule has 0 heterocycles. The van der Waals surface area contributed by atoms with Crippen LogP contribution in [0.3, 0.4) is 0 Å². The second-order valence-corrected chi connectivity index (χ2v) is 3.47. The topological polar surface area (TPSA) is 0 Å². The first-order valence-electron chi connectivity index (χ1n) is 5.03. The molecule has 0 radical (unpaired) electrons. The van der Waals surface area contributed by atoms with Crippen LogP contribution in [0.25, 0.3) is 0 Å². The van der Waals surface area contributed by atoms with Crippen LogP contribution in [-0.4, -0.2) is 14.3 Å². The number of hydrogen-bond donors (Lipinski definition) is 0. The van der Waals surface area contributed by atoms with Crippen LogP contribution in [0.1, 0.15) is 0 Å². The van der Waals surface area contributed by atoms with Crippen LogP contribution in [0.5, 0.6) is 0 Å². The molecule has 0 unspecified atom stereocenters. The Balaban J connectivity index is 1.96. The van der Waals surface area contributed by atoms with Gasteiger partial charge in [0, 0.05) is 0 Å². The molecule has 0 aliphatic carbocycles. The molecule has 0 aromatic heterocycles. The number of hydrogen-bond acceptors (Lipinski definition) is 0. The van der Waals surface area contributed by atoms with Gasteiger partial charge in [0.1, 0.15) is 14.3 Å². The van der Waals surface area contributed by atoms with Crippen LogP contribution in [0.2, 0.25) is 0 Å². The van der Waals surface area contributed by atoms with E-state index < -0.39 is 0 Å². The van der Waals surface area contributed by atoms with Crippen LogP contribution in [0, 0.1) is 0 Å². The largest absolute Gasteiger partial charge is 0.129 e. The molecule has 0 atom stereocenters. The molecular formula is C12H12B2. The molecule has 0 N–H and O–H groups in total. The summed E-state index contributed by atoms with van der Waals surface area (Å²) in [5.74, 6) is 0. The second-order valence-electron chi connectivity index (χ2n) is 3.47. The van der Waals surface area contributed by atoms with E-state index in [1.807, 2.05) is 0 Å². The summed E-state index contributed by atoms with van der Waals surface area (Å²) in [6.07, 6.45) is 0. The summed E-state index contributed by atoms with van der Waals surface area (Å²) in [6.45, 7) is 0. The molecule has 0 bridgehead atoms. The summed E-state index contributed by atoms with van der Waals surface area (Å²) in [7, 11) is 2.26. The summed E-state index contributed by atoms with van der Waals surface area (Å²) < 4.78 is 0. The fraction of sp³-hybridized carbons (Fsp3) is 0. The van der Waals surface area contributed by atoms with Crippen LogP contribution < -0.4 is 10.9 Å². The first-order chi connectivity index (χ1) is 6.95. The van der Waals surface area contributed by atoms with E-state index >= 15 is 0 Å². The minimum Gasteiger partial charge on any atom is -0.0926 e. The van der Waals surface area contributed by atoms with E-state index in [9.17, 15) is 0 Å². The Labute approximate surface area is 86.4 Å². The van der Waals surface area contributed by atoms with Crippen molar-refractivity contribution in [2.24, 2.45) is 0 Å². The maximum Gasteiger partial charge on any atom is 0.129 e. The Morgan fingerprint density at radius 2 is 0.857 bits per heavy atom. The van der Waals surface area contributed by atoms with Gasteiger partial charge in [-0.1, -0.05) is 71.6 Å². The predicted molar refractivity (Wildman–Crippen MR) is 66.5 cm³/mol. The molecule has 2 aromatic rings. The Bertz CT molecular complexity index is 331. The third-order valence-corrected chi connectivity index (χ3v) is 2.39. The molecule has 2 aromatic carbocycles. The summed E-state index contributed by atoms with van der Waals surface area (Å²) >= 11 is 0. The van der Waals surface area contributed by atoms with Crippen molar-refractivity contribution in [1.82, 2.24) is 0 Å². The first kappa shape index (κ1) is 9.14. The summed E-state index contributed by atoms with van der Waals surface area (Å²) in [4.78, 5) is 0. The number of benzene rings is 2. The highest BCUT2D eigenvalue weighted by molar-refractivity contribution is 7.12. The minimum absolute atomic E-state index is 1.13. The normalized spacial score (nSPS) is 9.43. The monoisotopic (exact) mass is 178 g/mol. The van der Waals surface area contributed by atoms with E-state index in [1.54, 1.807) is 0 Å². The molecule has 0 aliphatic rings. The molecule has 0 saturated heterocycles. The van der Waals surface area contributed by atoms with Crippen molar-refractivity contribution in [3.05, 3.63) is 60.7 Å². The lowest BCUT2D eigenvalue weighted by Crippen LogP contribution is -2.28. The zero-order valence-corrected chi connectivity index (χ0v) is 8.19. The highest BCUT2D eigenvalue weighted by Crippen LogP contribution is 1.83. The Hall–Kier alpha value is -1.43. The van der Waals surface area contributed by atoms with Crippen molar-refractivity contribution in [3.63, 3.8) is 0 Å². The standard InChI is InChI=1S/C12H12B2/c1-3-7-11(8-4-1)13-14-12-9-5-2-6-10-12/h1-10,13-14H. The average molecular weight is 178 g/mol. The fourth-order valence-corrected chi connectivity index (χ4v) is 1.58. The van der Waals surface area contributed by atoms with E-state index in [4.69, 9.17) is 0 Å². The second kappa shape index (κ2) is 4.71. The molecule has 0 amide bonds. The predicted octanol–water partition coefficient (Wildman–Crippen LogP) is 0.425. The SMILES string of the molecule is B(Bc1ccccc1)c1ccccc1. The first-order valence-corrected chi connectivity index (χ1v) is 5.03. The summed E-state index contributed by atoms with van der Waals surface area (Å²) in [5.41, 5.74) is 2.83. The van der Waals surface area contributed by atoms with E-state index in [0.717, 1.165) is 14.3 Å². The molecule has 2 rings (SSSR count). The number of rotatable bonds is 3. The van der Waals surface area contributed by atoms with E-state index in [-0.39, 0.29) is 0 Å². The van der Waals surface area contributed by atoms with Gasteiger partial charge < -0.3 is 0 Å². The zero-order valence-electron chi connectivity index (χ0n) is 8.19. The highest BCUT2D eigenvalue weighted by atomic mass is 13.8. The van der Waals surface area contributed by atoms with Crippen molar-refractivity contribution >= 4 is 25.3 Å². The van der Waals surface area contributed by atoms with Crippen molar-refractivity contribution in [2.75, 3.05) is 0 Å². The maximum absolute atomic E-state index is 2.18. The third-order valence-electron chi connectivity index (χ3n) is 2.39. The van der Waals surface area contributed by atoms with Crippen molar-refractivity contribution in [2.45, 2.75) is 0 Å². The van der Waals surface area contributed by atoms with Gasteiger partial charge in [-0.05, 0) is 0 Å². The lowest BCUT2D eigenvalue weighted by molar-refractivity contribution is 1.77. The Kier molecular flexibility index (Phi) is 3.07. The lowest BCUT2D eigenvalue weighted by Gasteiger charge is -1.98.